The van der Waals surface area contributed by atoms with Gasteiger partial charge in [-0.1, -0.05) is 42.5 Å². The van der Waals surface area contributed by atoms with Crippen LogP contribution < -0.4 is 4.74 Å². The summed E-state index contributed by atoms with van der Waals surface area (Å²) in [7, 11) is 1.53. The Morgan fingerprint density at radius 3 is 2.17 bits per heavy atom. The molecular formula is C23H16N4O2. The lowest BCUT2D eigenvalue weighted by molar-refractivity contribution is 0.408. The Morgan fingerprint density at radius 2 is 1.48 bits per heavy atom. The standard InChI is InChI=1S/C23H16N4O2/c1-29-18-10-11-19(20(28)13-18)23-26-21(16-7-3-2-4-8-16)25-22(27-23)17-9-5-6-15(12-17)14-24/h2-13,28H,1H3. The smallest absolute Gasteiger partial charge is 0.167 e. The van der Waals surface area contributed by atoms with Crippen LogP contribution in [0.5, 0.6) is 11.5 Å². The van der Waals surface area contributed by atoms with Crippen LogP contribution in [-0.2, 0) is 0 Å². The van der Waals surface area contributed by atoms with Gasteiger partial charge in [0.2, 0.25) is 0 Å². The summed E-state index contributed by atoms with van der Waals surface area (Å²) >= 11 is 0. The van der Waals surface area contributed by atoms with Gasteiger partial charge in [0.25, 0.3) is 0 Å². The molecule has 0 spiro atoms. The van der Waals surface area contributed by atoms with Gasteiger partial charge in [-0.05, 0) is 24.3 Å². The van der Waals surface area contributed by atoms with Crippen LogP contribution in [0, 0.1) is 11.3 Å². The highest BCUT2D eigenvalue weighted by Gasteiger charge is 2.15. The molecule has 0 fully saturated rings. The molecule has 0 unspecified atom stereocenters. The van der Waals surface area contributed by atoms with E-state index in [1.807, 2.05) is 36.4 Å². The summed E-state index contributed by atoms with van der Waals surface area (Å²) in [5.41, 5.74) is 2.49. The number of nitriles is 1. The summed E-state index contributed by atoms with van der Waals surface area (Å²) in [6, 6.07) is 23.7. The average molecular weight is 380 g/mol. The van der Waals surface area contributed by atoms with Crippen molar-refractivity contribution < 1.29 is 9.84 Å². The Balaban J connectivity index is 1.92. The first-order valence-corrected chi connectivity index (χ1v) is 8.87. The van der Waals surface area contributed by atoms with Crippen molar-refractivity contribution in [1.82, 2.24) is 15.0 Å². The van der Waals surface area contributed by atoms with Crippen molar-refractivity contribution in [2.24, 2.45) is 0 Å². The Bertz CT molecular complexity index is 1220. The number of rotatable bonds is 4. The highest BCUT2D eigenvalue weighted by molar-refractivity contribution is 5.70. The fraction of sp³-hybridized carbons (Fsp3) is 0.0435. The largest absolute Gasteiger partial charge is 0.507 e. The van der Waals surface area contributed by atoms with Crippen molar-refractivity contribution in [2.75, 3.05) is 7.11 Å². The van der Waals surface area contributed by atoms with E-state index in [1.165, 1.54) is 13.2 Å². The van der Waals surface area contributed by atoms with Crippen LogP contribution in [0.4, 0.5) is 0 Å². The molecule has 29 heavy (non-hydrogen) atoms. The normalized spacial score (nSPS) is 10.3. The van der Waals surface area contributed by atoms with Crippen LogP contribution in [0.1, 0.15) is 5.56 Å². The molecule has 0 radical (unpaired) electrons. The maximum atomic E-state index is 10.5. The first-order valence-electron chi connectivity index (χ1n) is 8.87. The van der Waals surface area contributed by atoms with Crippen LogP contribution in [-0.4, -0.2) is 27.2 Å². The van der Waals surface area contributed by atoms with Gasteiger partial charge in [-0.3, -0.25) is 0 Å². The van der Waals surface area contributed by atoms with E-state index in [1.54, 1.807) is 30.3 Å². The molecule has 3 aromatic carbocycles. The maximum Gasteiger partial charge on any atom is 0.167 e. The summed E-state index contributed by atoms with van der Waals surface area (Å²) < 4.78 is 5.15. The van der Waals surface area contributed by atoms with E-state index in [2.05, 4.69) is 21.0 Å². The number of aromatic nitrogens is 3. The molecule has 1 aromatic heterocycles. The molecule has 6 heteroatoms. The number of ether oxygens (including phenoxy) is 1. The molecule has 1 heterocycles. The second-order valence-electron chi connectivity index (χ2n) is 6.25. The first-order chi connectivity index (χ1) is 14.2. The number of hydrogen-bond donors (Lipinski definition) is 1. The summed E-state index contributed by atoms with van der Waals surface area (Å²) in [5.74, 6) is 1.76. The molecule has 0 aliphatic heterocycles. The van der Waals surface area contributed by atoms with Crippen molar-refractivity contribution in [3.05, 3.63) is 78.4 Å². The van der Waals surface area contributed by atoms with E-state index in [0.29, 0.717) is 39.9 Å². The van der Waals surface area contributed by atoms with Gasteiger partial charge in [0.05, 0.1) is 24.3 Å². The predicted octanol–water partition coefficient (Wildman–Crippen LogP) is 4.46. The number of phenolic OH excluding ortho intramolecular Hbond substituents is 1. The molecule has 0 saturated heterocycles. The third kappa shape index (κ3) is 3.75. The van der Waals surface area contributed by atoms with Gasteiger partial charge in [-0.25, -0.2) is 15.0 Å². The van der Waals surface area contributed by atoms with Crippen molar-refractivity contribution in [3.63, 3.8) is 0 Å². The Morgan fingerprint density at radius 1 is 0.793 bits per heavy atom. The minimum absolute atomic E-state index is 0.00582. The predicted molar refractivity (Wildman–Crippen MR) is 109 cm³/mol. The molecule has 0 saturated carbocycles. The van der Waals surface area contributed by atoms with Crippen LogP contribution >= 0.6 is 0 Å². The number of aromatic hydroxyl groups is 1. The van der Waals surface area contributed by atoms with Gasteiger partial charge in [-0.15, -0.1) is 0 Å². The molecule has 4 aromatic rings. The van der Waals surface area contributed by atoms with E-state index >= 15 is 0 Å². The highest BCUT2D eigenvalue weighted by atomic mass is 16.5. The van der Waals surface area contributed by atoms with Crippen molar-refractivity contribution in [1.29, 1.82) is 5.26 Å². The van der Waals surface area contributed by atoms with Crippen LogP contribution in [0.3, 0.4) is 0 Å². The van der Waals surface area contributed by atoms with Crippen LogP contribution in [0.25, 0.3) is 34.2 Å². The second kappa shape index (κ2) is 7.79. The molecule has 4 rings (SSSR count). The SMILES string of the molecule is COc1ccc(-c2nc(-c3ccccc3)nc(-c3cccc(C#N)c3)n2)c(O)c1. The van der Waals surface area contributed by atoms with Gasteiger partial charge in [0.15, 0.2) is 17.5 Å². The zero-order valence-corrected chi connectivity index (χ0v) is 15.6. The quantitative estimate of drug-likeness (QED) is 0.562. The maximum absolute atomic E-state index is 10.5. The van der Waals surface area contributed by atoms with E-state index in [4.69, 9.17) is 4.74 Å². The Kier molecular flexibility index (Phi) is 4.87. The summed E-state index contributed by atoms with van der Waals surface area (Å²) in [6.07, 6.45) is 0. The summed E-state index contributed by atoms with van der Waals surface area (Å²) in [6.45, 7) is 0. The minimum Gasteiger partial charge on any atom is -0.507 e. The van der Waals surface area contributed by atoms with Crippen molar-refractivity contribution in [2.45, 2.75) is 0 Å². The topological polar surface area (TPSA) is 91.9 Å². The molecule has 0 bridgehead atoms. The number of phenols is 1. The molecule has 140 valence electrons. The minimum atomic E-state index is 0.00582. The van der Waals surface area contributed by atoms with E-state index < -0.39 is 0 Å². The molecule has 0 aliphatic carbocycles. The number of nitrogens with zero attached hydrogens (tertiary/aromatic N) is 4. The number of hydrogen-bond acceptors (Lipinski definition) is 6. The monoisotopic (exact) mass is 380 g/mol. The van der Waals surface area contributed by atoms with E-state index in [0.717, 1.165) is 5.56 Å². The highest BCUT2D eigenvalue weighted by Crippen LogP contribution is 2.32. The third-order valence-corrected chi connectivity index (χ3v) is 4.36. The molecule has 0 amide bonds. The molecule has 1 N–H and O–H groups in total. The van der Waals surface area contributed by atoms with Gasteiger partial charge >= 0.3 is 0 Å². The van der Waals surface area contributed by atoms with Crippen LogP contribution in [0.2, 0.25) is 0 Å². The molecular weight excluding hydrogens is 364 g/mol. The molecule has 0 atom stereocenters. The zero-order chi connectivity index (χ0) is 20.2. The fourth-order valence-electron chi connectivity index (χ4n) is 2.90. The van der Waals surface area contributed by atoms with E-state index in [-0.39, 0.29) is 5.75 Å². The Labute approximate surface area is 167 Å². The lowest BCUT2D eigenvalue weighted by Gasteiger charge is -2.10. The first kappa shape index (κ1) is 18.1. The molecule has 0 aliphatic rings. The van der Waals surface area contributed by atoms with Gasteiger partial charge in [-0.2, -0.15) is 5.26 Å². The zero-order valence-electron chi connectivity index (χ0n) is 15.6. The van der Waals surface area contributed by atoms with E-state index in [9.17, 15) is 10.4 Å². The van der Waals surface area contributed by atoms with Gasteiger partial charge in [0.1, 0.15) is 11.5 Å². The average Bonchev–Trinajstić information content (AvgIpc) is 2.79. The Hall–Kier alpha value is -4.24. The number of benzene rings is 3. The van der Waals surface area contributed by atoms with Crippen molar-refractivity contribution >= 4 is 0 Å². The molecule has 6 nitrogen and oxygen atoms in total. The lowest BCUT2D eigenvalue weighted by Crippen LogP contribution is -2.00. The van der Waals surface area contributed by atoms with Gasteiger partial charge < -0.3 is 9.84 Å². The lowest BCUT2D eigenvalue weighted by atomic mass is 10.1. The van der Waals surface area contributed by atoms with Crippen LogP contribution in [0.15, 0.2) is 72.8 Å². The fourth-order valence-corrected chi connectivity index (χ4v) is 2.90. The van der Waals surface area contributed by atoms with Crippen molar-refractivity contribution in [3.8, 4) is 51.7 Å². The number of methoxy groups -OCH3 is 1. The summed E-state index contributed by atoms with van der Waals surface area (Å²) in [5, 5.41) is 19.7. The second-order valence-corrected chi connectivity index (χ2v) is 6.25. The summed E-state index contributed by atoms with van der Waals surface area (Å²) in [4.78, 5) is 13.7. The third-order valence-electron chi connectivity index (χ3n) is 4.36. The van der Waals surface area contributed by atoms with Gasteiger partial charge in [0, 0.05) is 17.2 Å².